The number of carbonyl (C=O) groups is 1. The van der Waals surface area contributed by atoms with Crippen LogP contribution in [-0.4, -0.2) is 19.7 Å². The minimum atomic E-state index is -0.257. The molecule has 0 saturated heterocycles. The van der Waals surface area contributed by atoms with Crippen LogP contribution in [0.4, 0.5) is 0 Å². The number of ether oxygens (including phenoxy) is 2. The van der Waals surface area contributed by atoms with Gasteiger partial charge in [-0.05, 0) is 18.6 Å². The molecule has 4 nitrogen and oxygen atoms in total. The van der Waals surface area contributed by atoms with Crippen LogP contribution >= 0.6 is 0 Å². The second kappa shape index (κ2) is 6.12. The third kappa shape index (κ3) is 3.24. The molecule has 0 fully saturated rings. The molecule has 0 radical (unpaired) electrons. The second-order valence-corrected chi connectivity index (χ2v) is 3.33. The summed E-state index contributed by atoms with van der Waals surface area (Å²) in [5, 5.41) is 0. The lowest BCUT2D eigenvalue weighted by Gasteiger charge is -2.10. The number of nitrogens with two attached hydrogens (primary N) is 1. The zero-order valence-electron chi connectivity index (χ0n) is 9.66. The van der Waals surface area contributed by atoms with Crippen molar-refractivity contribution >= 4 is 5.97 Å². The minimum absolute atomic E-state index is 0.257. The van der Waals surface area contributed by atoms with Gasteiger partial charge in [-0.3, -0.25) is 4.79 Å². The molecule has 0 bridgehead atoms. The summed E-state index contributed by atoms with van der Waals surface area (Å²) < 4.78 is 10.0. The van der Waals surface area contributed by atoms with Crippen molar-refractivity contribution in [3.63, 3.8) is 0 Å². The molecule has 0 aliphatic carbocycles. The van der Waals surface area contributed by atoms with Gasteiger partial charge >= 0.3 is 5.97 Å². The smallest absolute Gasteiger partial charge is 0.309 e. The van der Waals surface area contributed by atoms with E-state index >= 15 is 0 Å². The Balaban J connectivity index is 2.86. The van der Waals surface area contributed by atoms with Crippen LogP contribution in [0.3, 0.4) is 0 Å². The normalized spacial score (nSPS) is 9.94. The van der Waals surface area contributed by atoms with Crippen LogP contribution in [0.5, 0.6) is 5.75 Å². The van der Waals surface area contributed by atoms with Crippen molar-refractivity contribution in [3.05, 3.63) is 29.3 Å². The van der Waals surface area contributed by atoms with Crippen molar-refractivity contribution in [1.29, 1.82) is 0 Å². The molecule has 0 aromatic heterocycles. The quantitative estimate of drug-likeness (QED) is 0.763. The van der Waals surface area contributed by atoms with E-state index in [-0.39, 0.29) is 12.4 Å². The highest BCUT2D eigenvalue weighted by atomic mass is 16.5. The number of carbonyl (C=O) groups excluding carboxylic acids is 1. The fraction of sp³-hybridized carbons (Fsp3) is 0.417. The molecule has 0 heterocycles. The van der Waals surface area contributed by atoms with E-state index in [4.69, 9.17) is 10.5 Å². The van der Waals surface area contributed by atoms with Crippen LogP contribution in [0.15, 0.2) is 18.2 Å². The van der Waals surface area contributed by atoms with Crippen LogP contribution in [0, 0.1) is 0 Å². The summed E-state index contributed by atoms with van der Waals surface area (Å²) >= 11 is 0. The molecular weight excluding hydrogens is 206 g/mol. The number of rotatable bonds is 5. The summed E-state index contributed by atoms with van der Waals surface area (Å²) in [6.07, 6.45) is 0.260. The largest absolute Gasteiger partial charge is 0.494 e. The highest BCUT2D eigenvalue weighted by molar-refractivity contribution is 5.72. The average molecular weight is 223 g/mol. The van der Waals surface area contributed by atoms with Gasteiger partial charge in [0.1, 0.15) is 5.75 Å². The maximum Gasteiger partial charge on any atom is 0.309 e. The molecule has 0 unspecified atom stereocenters. The molecule has 1 aromatic rings. The Labute approximate surface area is 95.3 Å². The summed E-state index contributed by atoms with van der Waals surface area (Å²) in [5.74, 6) is 0.519. The van der Waals surface area contributed by atoms with Gasteiger partial charge in [0, 0.05) is 12.1 Å². The van der Waals surface area contributed by atoms with E-state index in [0.29, 0.717) is 13.2 Å². The highest BCUT2D eigenvalue weighted by Crippen LogP contribution is 2.20. The summed E-state index contributed by atoms with van der Waals surface area (Å²) in [7, 11) is 1.38. The predicted octanol–water partition coefficient (Wildman–Crippen LogP) is 1.26. The van der Waals surface area contributed by atoms with Gasteiger partial charge in [-0.15, -0.1) is 0 Å². The van der Waals surface area contributed by atoms with Crippen molar-refractivity contribution in [2.45, 2.75) is 19.9 Å². The summed E-state index contributed by atoms with van der Waals surface area (Å²) in [4.78, 5) is 11.1. The Hall–Kier alpha value is -1.55. The monoisotopic (exact) mass is 223 g/mol. The average Bonchev–Trinajstić information content (AvgIpc) is 2.31. The first-order valence-electron chi connectivity index (χ1n) is 5.22. The van der Waals surface area contributed by atoms with E-state index in [1.165, 1.54) is 7.11 Å². The molecule has 0 amide bonds. The first-order chi connectivity index (χ1) is 7.71. The van der Waals surface area contributed by atoms with Crippen molar-refractivity contribution in [2.75, 3.05) is 13.7 Å². The molecule has 16 heavy (non-hydrogen) atoms. The third-order valence-electron chi connectivity index (χ3n) is 2.22. The topological polar surface area (TPSA) is 61.5 Å². The van der Waals surface area contributed by atoms with Gasteiger partial charge in [-0.25, -0.2) is 0 Å². The molecule has 2 N–H and O–H groups in total. The number of hydrogen-bond acceptors (Lipinski definition) is 4. The lowest BCUT2D eigenvalue weighted by molar-refractivity contribution is -0.139. The summed E-state index contributed by atoms with van der Waals surface area (Å²) in [6, 6.07) is 5.56. The Bertz CT molecular complexity index is 363. The summed E-state index contributed by atoms with van der Waals surface area (Å²) in [6.45, 7) is 2.91. The van der Waals surface area contributed by atoms with Crippen molar-refractivity contribution in [3.8, 4) is 5.75 Å². The maximum absolute atomic E-state index is 11.1. The lowest BCUT2D eigenvalue weighted by Crippen LogP contribution is -2.07. The van der Waals surface area contributed by atoms with Gasteiger partial charge in [0.2, 0.25) is 0 Å². The molecule has 4 heteroatoms. The van der Waals surface area contributed by atoms with Crippen molar-refractivity contribution in [2.24, 2.45) is 5.73 Å². The zero-order valence-corrected chi connectivity index (χ0v) is 9.66. The maximum atomic E-state index is 11.1. The van der Waals surface area contributed by atoms with E-state index in [9.17, 15) is 4.79 Å². The Morgan fingerprint density at radius 1 is 1.44 bits per heavy atom. The minimum Gasteiger partial charge on any atom is -0.494 e. The zero-order chi connectivity index (χ0) is 12.0. The van der Waals surface area contributed by atoms with Crippen LogP contribution in [-0.2, 0) is 22.5 Å². The number of esters is 1. The molecule has 0 spiro atoms. The molecule has 88 valence electrons. The van der Waals surface area contributed by atoms with E-state index in [2.05, 4.69) is 4.74 Å². The first kappa shape index (κ1) is 12.5. The summed E-state index contributed by atoms with van der Waals surface area (Å²) in [5.41, 5.74) is 7.41. The predicted molar refractivity (Wildman–Crippen MR) is 61.2 cm³/mol. The number of hydrogen-bond donors (Lipinski definition) is 1. The van der Waals surface area contributed by atoms with Crippen LogP contribution in [0.1, 0.15) is 18.1 Å². The van der Waals surface area contributed by atoms with Crippen LogP contribution < -0.4 is 10.5 Å². The van der Waals surface area contributed by atoms with Crippen LogP contribution in [0.2, 0.25) is 0 Å². The fourth-order valence-corrected chi connectivity index (χ4v) is 1.44. The SMILES string of the molecule is CCOc1ccc(CC(=O)OC)cc1CN. The fourth-order valence-electron chi connectivity index (χ4n) is 1.44. The molecule has 1 rings (SSSR count). The van der Waals surface area contributed by atoms with Crippen LogP contribution in [0.25, 0.3) is 0 Å². The highest BCUT2D eigenvalue weighted by Gasteiger charge is 2.07. The first-order valence-corrected chi connectivity index (χ1v) is 5.22. The van der Waals surface area contributed by atoms with E-state index in [1.807, 2.05) is 25.1 Å². The van der Waals surface area contributed by atoms with Gasteiger partial charge in [0.05, 0.1) is 20.1 Å². The molecular formula is C12H17NO3. The standard InChI is InChI=1S/C12H17NO3/c1-3-16-11-5-4-9(6-10(11)8-13)7-12(14)15-2/h4-6H,3,7-8,13H2,1-2H3. The van der Waals surface area contributed by atoms with E-state index in [1.54, 1.807) is 0 Å². The Morgan fingerprint density at radius 2 is 2.19 bits per heavy atom. The van der Waals surface area contributed by atoms with Gasteiger partial charge in [-0.2, -0.15) is 0 Å². The molecule has 0 aliphatic rings. The molecule has 0 atom stereocenters. The van der Waals surface area contributed by atoms with E-state index < -0.39 is 0 Å². The second-order valence-electron chi connectivity index (χ2n) is 3.33. The lowest BCUT2D eigenvalue weighted by atomic mass is 10.1. The van der Waals surface area contributed by atoms with Gasteiger partial charge < -0.3 is 15.2 Å². The molecule has 0 aliphatic heterocycles. The van der Waals surface area contributed by atoms with Gasteiger partial charge in [0.25, 0.3) is 0 Å². The Kier molecular flexibility index (Phi) is 4.79. The molecule has 1 aromatic carbocycles. The van der Waals surface area contributed by atoms with Gasteiger partial charge in [0.15, 0.2) is 0 Å². The van der Waals surface area contributed by atoms with Crippen molar-refractivity contribution < 1.29 is 14.3 Å². The number of benzene rings is 1. The van der Waals surface area contributed by atoms with Crippen molar-refractivity contribution in [1.82, 2.24) is 0 Å². The molecule has 0 saturated carbocycles. The van der Waals surface area contributed by atoms with E-state index in [0.717, 1.165) is 16.9 Å². The Morgan fingerprint density at radius 3 is 2.75 bits per heavy atom. The number of methoxy groups -OCH3 is 1. The third-order valence-corrected chi connectivity index (χ3v) is 2.22. The van der Waals surface area contributed by atoms with Gasteiger partial charge in [-0.1, -0.05) is 12.1 Å².